The van der Waals surface area contributed by atoms with Gasteiger partial charge < -0.3 is 5.32 Å². The first-order valence-corrected chi connectivity index (χ1v) is 9.52. The molecule has 0 aliphatic carbocycles. The molecule has 3 aromatic rings. The average molecular weight is 380 g/mol. The quantitative estimate of drug-likeness (QED) is 0.387. The van der Waals surface area contributed by atoms with Crippen LogP contribution in [-0.4, -0.2) is 26.2 Å². The molecule has 1 aromatic carbocycles. The molecule has 6 nitrogen and oxygen atoms in total. The van der Waals surface area contributed by atoms with Crippen molar-refractivity contribution in [2.24, 2.45) is 0 Å². The van der Waals surface area contributed by atoms with Gasteiger partial charge in [-0.2, -0.15) is 0 Å². The molecule has 2 aromatic heterocycles. The molecule has 0 saturated heterocycles. The lowest BCUT2D eigenvalue weighted by molar-refractivity contribution is -0.119. The van der Waals surface area contributed by atoms with Crippen molar-refractivity contribution in [2.45, 2.75) is 24.7 Å². The molecule has 7 heteroatoms. The zero-order valence-corrected chi connectivity index (χ0v) is 15.8. The molecule has 27 heavy (non-hydrogen) atoms. The highest BCUT2D eigenvalue weighted by Crippen LogP contribution is 2.18. The average Bonchev–Trinajstić information content (AvgIpc) is 2.69. The summed E-state index contributed by atoms with van der Waals surface area (Å²) < 4.78 is 1.51. The summed E-state index contributed by atoms with van der Waals surface area (Å²) in [7, 11) is 0. The molecule has 0 spiro atoms. The van der Waals surface area contributed by atoms with Crippen LogP contribution in [0.3, 0.4) is 0 Å². The maximum atomic E-state index is 12.7. The Morgan fingerprint density at radius 1 is 1.30 bits per heavy atom. The molecule has 0 radical (unpaired) electrons. The Balaban J connectivity index is 1.76. The highest BCUT2D eigenvalue weighted by atomic mass is 32.2. The van der Waals surface area contributed by atoms with E-state index in [1.807, 2.05) is 37.3 Å². The first kappa shape index (κ1) is 18.8. The minimum absolute atomic E-state index is 0.0964. The van der Waals surface area contributed by atoms with Crippen molar-refractivity contribution in [1.29, 1.82) is 0 Å². The van der Waals surface area contributed by atoms with E-state index < -0.39 is 0 Å². The molecule has 2 heterocycles. The zero-order chi connectivity index (χ0) is 19.2. The number of fused-ring (bicyclic) bond motifs is 1. The molecule has 0 aliphatic rings. The van der Waals surface area contributed by atoms with Crippen LogP contribution in [0, 0.1) is 0 Å². The summed E-state index contributed by atoms with van der Waals surface area (Å²) in [5.74, 6) is 0.0240. The number of hydrogen-bond donors (Lipinski definition) is 1. The van der Waals surface area contributed by atoms with Crippen LogP contribution in [0.5, 0.6) is 0 Å². The van der Waals surface area contributed by atoms with Crippen LogP contribution in [0.4, 0.5) is 0 Å². The number of thioether (sulfide) groups is 1. The Kier molecular flexibility index (Phi) is 6.03. The topological polar surface area (TPSA) is 76.9 Å². The highest BCUT2D eigenvalue weighted by Gasteiger charge is 2.14. The number of carbonyl (C=O) groups is 1. The zero-order valence-electron chi connectivity index (χ0n) is 15.0. The van der Waals surface area contributed by atoms with Gasteiger partial charge in [0.05, 0.1) is 17.2 Å². The summed E-state index contributed by atoms with van der Waals surface area (Å²) in [5.41, 5.74) is 1.23. The summed E-state index contributed by atoms with van der Waals surface area (Å²) in [5, 5.41) is 3.86. The van der Waals surface area contributed by atoms with Gasteiger partial charge in [-0.15, -0.1) is 6.58 Å². The number of benzene rings is 1. The predicted octanol–water partition coefficient (Wildman–Crippen LogP) is 2.95. The van der Waals surface area contributed by atoms with E-state index in [0.717, 1.165) is 5.56 Å². The van der Waals surface area contributed by atoms with Crippen molar-refractivity contribution >= 4 is 28.7 Å². The largest absolute Gasteiger partial charge is 0.349 e. The van der Waals surface area contributed by atoms with Gasteiger partial charge in [0, 0.05) is 12.7 Å². The Labute approximate surface area is 161 Å². The molecular weight excluding hydrogens is 360 g/mol. The summed E-state index contributed by atoms with van der Waals surface area (Å²) >= 11 is 1.21. The monoisotopic (exact) mass is 380 g/mol. The van der Waals surface area contributed by atoms with E-state index in [2.05, 4.69) is 21.9 Å². The SMILES string of the molecule is C=CCn1c(SCC(=O)NC(C)c2ccccc2)nc2ncccc2c1=O. The van der Waals surface area contributed by atoms with Crippen LogP contribution in [0.1, 0.15) is 18.5 Å². The van der Waals surface area contributed by atoms with E-state index in [1.165, 1.54) is 16.3 Å². The van der Waals surface area contributed by atoms with E-state index in [4.69, 9.17) is 0 Å². The number of hydrogen-bond acceptors (Lipinski definition) is 5. The summed E-state index contributed by atoms with van der Waals surface area (Å²) in [6.07, 6.45) is 3.22. The normalized spacial score (nSPS) is 11.9. The van der Waals surface area contributed by atoms with E-state index >= 15 is 0 Å². The number of nitrogens with zero attached hydrogens (tertiary/aromatic N) is 3. The smallest absolute Gasteiger partial charge is 0.263 e. The minimum atomic E-state index is -0.187. The fourth-order valence-corrected chi connectivity index (χ4v) is 3.48. The van der Waals surface area contributed by atoms with Crippen LogP contribution in [0.15, 0.2) is 71.3 Å². The minimum Gasteiger partial charge on any atom is -0.349 e. The lowest BCUT2D eigenvalue weighted by Crippen LogP contribution is -2.29. The van der Waals surface area contributed by atoms with Crippen molar-refractivity contribution in [3.63, 3.8) is 0 Å². The van der Waals surface area contributed by atoms with Crippen molar-refractivity contribution in [1.82, 2.24) is 19.9 Å². The van der Waals surface area contributed by atoms with Crippen LogP contribution in [0.25, 0.3) is 11.0 Å². The van der Waals surface area contributed by atoms with Gasteiger partial charge in [-0.1, -0.05) is 48.2 Å². The van der Waals surface area contributed by atoms with Gasteiger partial charge in [-0.3, -0.25) is 14.2 Å². The number of rotatable bonds is 7. The van der Waals surface area contributed by atoms with Gasteiger partial charge in [-0.25, -0.2) is 9.97 Å². The van der Waals surface area contributed by atoms with E-state index in [0.29, 0.717) is 22.7 Å². The van der Waals surface area contributed by atoms with Gasteiger partial charge in [0.2, 0.25) is 5.91 Å². The fourth-order valence-electron chi connectivity index (χ4n) is 2.67. The number of allylic oxidation sites excluding steroid dienone is 1. The molecule has 0 bridgehead atoms. The third kappa shape index (κ3) is 4.43. The number of pyridine rings is 1. The molecular formula is C20H20N4O2S. The van der Waals surface area contributed by atoms with Gasteiger partial charge >= 0.3 is 0 Å². The molecule has 1 amide bonds. The molecule has 0 fully saturated rings. The first-order valence-electron chi connectivity index (χ1n) is 8.53. The highest BCUT2D eigenvalue weighted by molar-refractivity contribution is 7.99. The number of carbonyl (C=O) groups excluding carboxylic acids is 1. The number of nitrogens with one attached hydrogen (secondary N) is 1. The number of amides is 1. The predicted molar refractivity (Wildman–Crippen MR) is 108 cm³/mol. The molecule has 1 N–H and O–H groups in total. The third-order valence-corrected chi connectivity index (χ3v) is 4.99. The Morgan fingerprint density at radius 2 is 2.07 bits per heavy atom. The van der Waals surface area contributed by atoms with E-state index in [9.17, 15) is 9.59 Å². The van der Waals surface area contributed by atoms with Crippen LogP contribution in [-0.2, 0) is 11.3 Å². The molecule has 0 saturated carbocycles. The third-order valence-electron chi connectivity index (χ3n) is 4.02. The second-order valence-corrected chi connectivity index (χ2v) is 6.90. The van der Waals surface area contributed by atoms with Crippen molar-refractivity contribution in [2.75, 3.05) is 5.75 Å². The summed E-state index contributed by atoms with van der Waals surface area (Å²) in [6.45, 7) is 5.95. The lowest BCUT2D eigenvalue weighted by Gasteiger charge is -2.15. The van der Waals surface area contributed by atoms with E-state index in [-0.39, 0.29) is 23.3 Å². The van der Waals surface area contributed by atoms with Crippen LogP contribution in [0.2, 0.25) is 0 Å². The Bertz CT molecular complexity index is 1020. The van der Waals surface area contributed by atoms with Crippen LogP contribution >= 0.6 is 11.8 Å². The molecule has 3 rings (SSSR count). The Morgan fingerprint density at radius 3 is 2.81 bits per heavy atom. The van der Waals surface area contributed by atoms with Gasteiger partial charge in [0.25, 0.3) is 5.56 Å². The van der Waals surface area contributed by atoms with Gasteiger partial charge in [-0.05, 0) is 24.6 Å². The molecule has 1 atom stereocenters. The molecule has 1 unspecified atom stereocenters. The van der Waals surface area contributed by atoms with Crippen molar-refractivity contribution in [3.05, 3.63) is 77.2 Å². The first-order chi connectivity index (χ1) is 13.1. The Hall–Kier alpha value is -2.93. The maximum Gasteiger partial charge on any atom is 0.263 e. The van der Waals surface area contributed by atoms with Crippen molar-refractivity contribution in [3.8, 4) is 0 Å². The summed E-state index contributed by atoms with van der Waals surface area (Å²) in [4.78, 5) is 33.6. The number of aromatic nitrogens is 3. The van der Waals surface area contributed by atoms with Crippen molar-refractivity contribution < 1.29 is 4.79 Å². The maximum absolute atomic E-state index is 12.7. The van der Waals surface area contributed by atoms with Gasteiger partial charge in [0.15, 0.2) is 10.8 Å². The molecule has 0 aliphatic heterocycles. The lowest BCUT2D eigenvalue weighted by atomic mass is 10.1. The molecule has 138 valence electrons. The second-order valence-electron chi connectivity index (χ2n) is 5.96. The van der Waals surface area contributed by atoms with Gasteiger partial charge in [0.1, 0.15) is 0 Å². The summed E-state index contributed by atoms with van der Waals surface area (Å²) in [6, 6.07) is 13.0. The standard InChI is InChI=1S/C20H20N4O2S/c1-3-12-24-19(26)16-10-7-11-21-18(16)23-20(24)27-13-17(25)22-14(2)15-8-5-4-6-9-15/h3-11,14H,1,12-13H2,2H3,(H,22,25). The van der Waals surface area contributed by atoms with E-state index in [1.54, 1.807) is 24.4 Å². The fraction of sp³-hybridized carbons (Fsp3) is 0.200. The second kappa shape index (κ2) is 8.64. The van der Waals surface area contributed by atoms with Crippen LogP contribution < -0.4 is 10.9 Å².